The lowest BCUT2D eigenvalue weighted by Crippen LogP contribution is -2.32. The van der Waals surface area contributed by atoms with Gasteiger partial charge in [-0.2, -0.15) is 0 Å². The van der Waals surface area contributed by atoms with Crippen molar-refractivity contribution in [2.75, 3.05) is 20.6 Å². The van der Waals surface area contributed by atoms with Crippen LogP contribution in [-0.2, 0) is 5.60 Å². The molecule has 0 amide bonds. The lowest BCUT2D eigenvalue weighted by atomic mass is 9.80. The van der Waals surface area contributed by atoms with E-state index in [-0.39, 0.29) is 0 Å². The highest BCUT2D eigenvalue weighted by molar-refractivity contribution is 5.96. The average Bonchev–Trinajstić information content (AvgIpc) is 3.04. The van der Waals surface area contributed by atoms with Gasteiger partial charge in [0.15, 0.2) is 0 Å². The van der Waals surface area contributed by atoms with Crippen LogP contribution in [0.1, 0.15) is 17.5 Å². The van der Waals surface area contributed by atoms with E-state index in [1.807, 2.05) is 93.2 Å². The van der Waals surface area contributed by atoms with Gasteiger partial charge in [-0.1, -0.05) is 66.7 Å². The molecule has 5 heteroatoms. The zero-order chi connectivity index (χ0) is 28.2. The smallest absolute Gasteiger partial charge is 0.118 e. The van der Waals surface area contributed by atoms with Gasteiger partial charge in [-0.25, -0.2) is 4.98 Å². The first kappa shape index (κ1) is 26.5. The molecular weight excluding hydrogens is 504 g/mol. The zero-order valence-corrected chi connectivity index (χ0v) is 23.3. The normalized spacial score (nSPS) is 12.9. The lowest BCUT2D eigenvalue weighted by molar-refractivity contribution is 0.0642. The summed E-state index contributed by atoms with van der Waals surface area (Å²) in [6, 6.07) is 34.6. The van der Waals surface area contributed by atoms with Crippen molar-refractivity contribution in [3.63, 3.8) is 0 Å². The molecule has 0 saturated carbocycles. The number of aromatic nitrogens is 3. The van der Waals surface area contributed by atoms with Crippen molar-refractivity contribution < 1.29 is 5.11 Å². The molecule has 1 N–H and O–H groups in total. The first-order valence-corrected chi connectivity index (χ1v) is 13.8. The summed E-state index contributed by atoms with van der Waals surface area (Å²) < 4.78 is 0. The molecule has 0 aliphatic heterocycles. The Morgan fingerprint density at radius 1 is 0.683 bits per heavy atom. The second kappa shape index (κ2) is 11.4. The second-order valence-corrected chi connectivity index (χ2v) is 10.6. The van der Waals surface area contributed by atoms with Gasteiger partial charge < -0.3 is 10.0 Å². The van der Waals surface area contributed by atoms with Gasteiger partial charge in [0.1, 0.15) is 5.60 Å². The standard InChI is InChI=1S/C36H32N4O/c1-40(2)20-17-36(41,31-15-7-4-8-16-31)33-23-29(27-13-9-18-37-24-27)21-30-22-32(26-11-5-3-6-12-26)34(39-35(30)33)28-14-10-19-38-25-28/h3-16,18-19,21-25,41H,17,20H2,1-2H3. The van der Waals surface area contributed by atoms with Crippen molar-refractivity contribution in [1.29, 1.82) is 0 Å². The van der Waals surface area contributed by atoms with E-state index >= 15 is 0 Å². The number of nitrogens with zero attached hydrogens (tertiary/aromatic N) is 4. The van der Waals surface area contributed by atoms with Gasteiger partial charge in [0.25, 0.3) is 0 Å². The molecule has 41 heavy (non-hydrogen) atoms. The van der Waals surface area contributed by atoms with E-state index in [2.05, 4.69) is 51.3 Å². The summed E-state index contributed by atoms with van der Waals surface area (Å²) in [4.78, 5) is 16.2. The van der Waals surface area contributed by atoms with E-state index in [9.17, 15) is 5.11 Å². The molecular formula is C36H32N4O. The summed E-state index contributed by atoms with van der Waals surface area (Å²) in [5.41, 5.74) is 6.89. The Morgan fingerprint density at radius 2 is 1.32 bits per heavy atom. The van der Waals surface area contributed by atoms with E-state index in [1.54, 1.807) is 12.4 Å². The Morgan fingerprint density at radius 3 is 1.95 bits per heavy atom. The van der Waals surface area contributed by atoms with Crippen LogP contribution < -0.4 is 0 Å². The Hall–Kier alpha value is -4.71. The maximum absolute atomic E-state index is 12.7. The van der Waals surface area contributed by atoms with Gasteiger partial charge in [0.05, 0.1) is 11.2 Å². The molecule has 0 spiro atoms. The van der Waals surface area contributed by atoms with E-state index in [0.29, 0.717) is 13.0 Å². The molecule has 1 atom stereocenters. The number of aliphatic hydroxyl groups is 1. The zero-order valence-electron chi connectivity index (χ0n) is 23.3. The second-order valence-electron chi connectivity index (χ2n) is 10.6. The molecule has 3 aromatic heterocycles. The van der Waals surface area contributed by atoms with Crippen LogP contribution in [0.15, 0.2) is 128 Å². The fourth-order valence-electron chi connectivity index (χ4n) is 5.40. The fraction of sp³-hybridized carbons (Fsp3) is 0.139. The van der Waals surface area contributed by atoms with Gasteiger partial charge >= 0.3 is 0 Å². The van der Waals surface area contributed by atoms with Crippen LogP contribution in [-0.4, -0.2) is 45.6 Å². The van der Waals surface area contributed by atoms with Gasteiger partial charge in [0.2, 0.25) is 0 Å². The van der Waals surface area contributed by atoms with E-state index in [1.165, 1.54) is 0 Å². The Balaban J connectivity index is 1.70. The van der Waals surface area contributed by atoms with Crippen LogP contribution in [0.2, 0.25) is 0 Å². The van der Waals surface area contributed by atoms with Crippen molar-refractivity contribution >= 4 is 10.9 Å². The molecule has 6 aromatic rings. The van der Waals surface area contributed by atoms with Crippen molar-refractivity contribution in [3.05, 3.63) is 139 Å². The molecule has 6 rings (SSSR count). The molecule has 0 bridgehead atoms. The van der Waals surface area contributed by atoms with Crippen molar-refractivity contribution in [2.45, 2.75) is 12.0 Å². The highest BCUT2D eigenvalue weighted by Crippen LogP contribution is 2.42. The summed E-state index contributed by atoms with van der Waals surface area (Å²) in [6.07, 6.45) is 7.76. The molecule has 0 fully saturated rings. The SMILES string of the molecule is CN(C)CCC(O)(c1ccccc1)c1cc(-c2cccnc2)cc2cc(-c3ccccc3)c(-c3cccnc3)nc12. The molecule has 1 unspecified atom stereocenters. The molecule has 3 aromatic carbocycles. The summed E-state index contributed by atoms with van der Waals surface area (Å²) in [5.74, 6) is 0. The Kier molecular flexibility index (Phi) is 7.38. The predicted octanol–water partition coefficient (Wildman–Crippen LogP) is 7.21. The molecule has 0 saturated heterocycles. The summed E-state index contributed by atoms with van der Waals surface area (Å²) in [5, 5.41) is 13.7. The summed E-state index contributed by atoms with van der Waals surface area (Å²) in [7, 11) is 4.06. The largest absolute Gasteiger partial charge is 0.380 e. The van der Waals surface area contributed by atoms with Crippen LogP contribution in [0.5, 0.6) is 0 Å². The fourth-order valence-corrected chi connectivity index (χ4v) is 5.40. The minimum Gasteiger partial charge on any atom is -0.380 e. The van der Waals surface area contributed by atoms with E-state index < -0.39 is 5.60 Å². The average molecular weight is 537 g/mol. The number of benzene rings is 3. The highest BCUT2D eigenvalue weighted by Gasteiger charge is 2.34. The monoisotopic (exact) mass is 536 g/mol. The van der Waals surface area contributed by atoms with Crippen LogP contribution in [0.25, 0.3) is 44.4 Å². The minimum absolute atomic E-state index is 0.500. The minimum atomic E-state index is -1.28. The number of hydrogen-bond donors (Lipinski definition) is 1. The van der Waals surface area contributed by atoms with Crippen LogP contribution >= 0.6 is 0 Å². The third kappa shape index (κ3) is 5.38. The molecule has 0 aliphatic carbocycles. The lowest BCUT2D eigenvalue weighted by Gasteiger charge is -2.32. The topological polar surface area (TPSA) is 62.1 Å². The van der Waals surface area contributed by atoms with E-state index in [0.717, 1.165) is 55.5 Å². The van der Waals surface area contributed by atoms with Crippen molar-refractivity contribution in [3.8, 4) is 33.5 Å². The molecule has 0 aliphatic rings. The van der Waals surface area contributed by atoms with Crippen LogP contribution in [0, 0.1) is 0 Å². The van der Waals surface area contributed by atoms with Crippen LogP contribution in [0.3, 0.4) is 0 Å². The maximum Gasteiger partial charge on any atom is 0.118 e. The van der Waals surface area contributed by atoms with Crippen molar-refractivity contribution in [2.24, 2.45) is 0 Å². The Bertz CT molecular complexity index is 1760. The Labute approximate surface area is 240 Å². The summed E-state index contributed by atoms with van der Waals surface area (Å²) >= 11 is 0. The number of hydrogen-bond acceptors (Lipinski definition) is 5. The van der Waals surface area contributed by atoms with Gasteiger partial charge in [0, 0.05) is 59.0 Å². The quantitative estimate of drug-likeness (QED) is 0.223. The third-order valence-electron chi connectivity index (χ3n) is 7.55. The molecule has 3 heterocycles. The third-order valence-corrected chi connectivity index (χ3v) is 7.55. The maximum atomic E-state index is 12.7. The molecule has 202 valence electrons. The van der Waals surface area contributed by atoms with Crippen LogP contribution in [0.4, 0.5) is 0 Å². The first-order chi connectivity index (χ1) is 20.0. The van der Waals surface area contributed by atoms with Gasteiger partial charge in [-0.3, -0.25) is 9.97 Å². The molecule has 5 nitrogen and oxygen atoms in total. The number of rotatable bonds is 8. The van der Waals surface area contributed by atoms with Gasteiger partial charge in [-0.15, -0.1) is 0 Å². The van der Waals surface area contributed by atoms with E-state index in [4.69, 9.17) is 4.98 Å². The molecule has 0 radical (unpaired) electrons. The summed E-state index contributed by atoms with van der Waals surface area (Å²) in [6.45, 7) is 0.696. The van der Waals surface area contributed by atoms with Gasteiger partial charge in [-0.05, 0) is 73.6 Å². The first-order valence-electron chi connectivity index (χ1n) is 13.8. The van der Waals surface area contributed by atoms with Crippen molar-refractivity contribution in [1.82, 2.24) is 19.9 Å². The number of pyridine rings is 3. The highest BCUT2D eigenvalue weighted by atomic mass is 16.3. The predicted molar refractivity (Wildman–Crippen MR) is 166 cm³/mol. The number of fused-ring (bicyclic) bond motifs is 1.